The summed E-state index contributed by atoms with van der Waals surface area (Å²) in [5, 5.41) is 4.72. The van der Waals surface area contributed by atoms with Crippen LogP contribution in [-0.2, 0) is 6.61 Å². The third kappa shape index (κ3) is 3.21. The molecule has 4 aliphatic heterocycles. The van der Waals surface area contributed by atoms with Crippen molar-refractivity contribution in [3.05, 3.63) is 53.6 Å². The van der Waals surface area contributed by atoms with E-state index in [1.54, 1.807) is 14.2 Å². The van der Waals surface area contributed by atoms with Gasteiger partial charge in [0.15, 0.2) is 11.5 Å². The normalized spacial score (nSPS) is 27.0. The summed E-state index contributed by atoms with van der Waals surface area (Å²) in [4.78, 5) is 2.56. The fourth-order valence-electron chi connectivity index (χ4n) is 4.86. The third-order valence-corrected chi connectivity index (χ3v) is 6.36. The van der Waals surface area contributed by atoms with Crippen LogP contribution in [0.4, 0.5) is 0 Å². The Kier molecular flexibility index (Phi) is 4.79. The maximum absolute atomic E-state index is 6.10. The fourth-order valence-corrected chi connectivity index (χ4v) is 4.86. The second kappa shape index (κ2) is 7.59. The second-order valence-electron chi connectivity index (χ2n) is 7.93. The molecular formula is C23H27N3O3. The van der Waals surface area contributed by atoms with Crippen molar-refractivity contribution >= 4 is 5.71 Å². The van der Waals surface area contributed by atoms with Crippen molar-refractivity contribution in [2.75, 3.05) is 27.3 Å². The molecule has 2 aromatic rings. The lowest BCUT2D eigenvalue weighted by Crippen LogP contribution is -2.56. The summed E-state index contributed by atoms with van der Waals surface area (Å²) >= 11 is 0. The molecule has 6 rings (SSSR count). The molecule has 0 aromatic heterocycles. The number of hydrogen-bond acceptors (Lipinski definition) is 6. The molecule has 3 saturated heterocycles. The van der Waals surface area contributed by atoms with Crippen LogP contribution in [-0.4, -0.2) is 44.0 Å². The Morgan fingerprint density at radius 2 is 1.72 bits per heavy atom. The fraction of sp³-hybridized carbons (Fsp3) is 0.435. The van der Waals surface area contributed by atoms with Gasteiger partial charge in [0.05, 0.1) is 32.0 Å². The molecule has 4 heterocycles. The zero-order chi connectivity index (χ0) is 19.8. The highest BCUT2D eigenvalue weighted by molar-refractivity contribution is 5.95. The molecule has 4 aliphatic rings. The minimum Gasteiger partial charge on any atom is -0.493 e. The van der Waals surface area contributed by atoms with Crippen LogP contribution >= 0.6 is 0 Å². The first kappa shape index (κ1) is 18.3. The number of nitrogens with zero attached hydrogens (tertiary/aromatic N) is 2. The van der Waals surface area contributed by atoms with Gasteiger partial charge >= 0.3 is 0 Å². The topological polar surface area (TPSA) is 55.3 Å². The lowest BCUT2D eigenvalue weighted by molar-refractivity contribution is 0.133. The van der Waals surface area contributed by atoms with Crippen LogP contribution in [0.3, 0.4) is 0 Å². The van der Waals surface area contributed by atoms with Crippen LogP contribution in [0.2, 0.25) is 0 Å². The smallest absolute Gasteiger partial charge is 0.203 e. The Hall–Kier alpha value is -2.73. The zero-order valence-corrected chi connectivity index (χ0v) is 16.9. The lowest BCUT2D eigenvalue weighted by atomic mass is 9.78. The van der Waals surface area contributed by atoms with E-state index < -0.39 is 0 Å². The van der Waals surface area contributed by atoms with E-state index in [0.717, 1.165) is 24.2 Å². The molecule has 2 unspecified atom stereocenters. The Morgan fingerprint density at radius 3 is 2.38 bits per heavy atom. The number of piperidine rings is 3. The Balaban J connectivity index is 1.43. The van der Waals surface area contributed by atoms with E-state index in [4.69, 9.17) is 19.3 Å². The van der Waals surface area contributed by atoms with Gasteiger partial charge in [-0.2, -0.15) is 5.10 Å². The monoisotopic (exact) mass is 393 g/mol. The van der Waals surface area contributed by atoms with Gasteiger partial charge in [-0.1, -0.05) is 30.3 Å². The van der Waals surface area contributed by atoms with Gasteiger partial charge in [-0.05, 0) is 49.2 Å². The SMILES string of the molecule is COc1cc(C2NN=C3C4CCN(CC4)C32)cc(OC)c1OCc1ccccc1. The highest BCUT2D eigenvalue weighted by Crippen LogP contribution is 2.44. The van der Waals surface area contributed by atoms with Crippen LogP contribution in [0.5, 0.6) is 17.2 Å². The quantitative estimate of drug-likeness (QED) is 0.815. The van der Waals surface area contributed by atoms with Crippen LogP contribution in [0.15, 0.2) is 47.6 Å². The van der Waals surface area contributed by atoms with Gasteiger partial charge in [-0.15, -0.1) is 0 Å². The Bertz CT molecular complexity index is 882. The van der Waals surface area contributed by atoms with Gasteiger partial charge < -0.3 is 19.6 Å². The summed E-state index contributed by atoms with van der Waals surface area (Å²) in [7, 11) is 3.34. The molecule has 2 bridgehead atoms. The summed E-state index contributed by atoms with van der Waals surface area (Å²) in [6.07, 6.45) is 2.45. The number of hydrazone groups is 1. The van der Waals surface area contributed by atoms with E-state index >= 15 is 0 Å². The first-order valence-corrected chi connectivity index (χ1v) is 10.3. The van der Waals surface area contributed by atoms with Crippen molar-refractivity contribution in [1.29, 1.82) is 0 Å². The van der Waals surface area contributed by atoms with E-state index in [-0.39, 0.29) is 6.04 Å². The van der Waals surface area contributed by atoms with E-state index in [9.17, 15) is 0 Å². The predicted molar refractivity (Wildman–Crippen MR) is 112 cm³/mol. The highest BCUT2D eigenvalue weighted by Gasteiger charge is 2.47. The average molecular weight is 393 g/mol. The van der Waals surface area contributed by atoms with E-state index in [0.29, 0.717) is 35.8 Å². The van der Waals surface area contributed by atoms with E-state index in [1.807, 2.05) is 30.3 Å². The van der Waals surface area contributed by atoms with Gasteiger partial charge in [-0.25, -0.2) is 0 Å². The second-order valence-corrected chi connectivity index (χ2v) is 7.93. The van der Waals surface area contributed by atoms with Crippen molar-refractivity contribution in [3.63, 3.8) is 0 Å². The number of rotatable bonds is 6. The molecule has 0 amide bonds. The summed E-state index contributed by atoms with van der Waals surface area (Å²) in [6, 6.07) is 14.7. The number of fused-ring (bicyclic) bond motifs is 2. The largest absolute Gasteiger partial charge is 0.493 e. The van der Waals surface area contributed by atoms with Crippen molar-refractivity contribution in [3.8, 4) is 17.2 Å². The Labute approximate surface area is 171 Å². The lowest BCUT2D eigenvalue weighted by Gasteiger charge is -2.45. The van der Waals surface area contributed by atoms with Crippen molar-refractivity contribution in [2.45, 2.75) is 31.5 Å². The number of methoxy groups -OCH3 is 2. The standard InChI is InChI=1S/C23H27N3O3/c1-27-18-12-17(21-22-20(24-25-21)16-8-10-26(22)11-9-16)13-19(28-2)23(18)29-14-15-6-4-3-5-7-15/h3-7,12-13,16,21-22,25H,8-11,14H2,1-2H3. The van der Waals surface area contributed by atoms with E-state index in [1.165, 1.54) is 18.6 Å². The predicted octanol–water partition coefficient (Wildman–Crippen LogP) is 3.38. The number of benzene rings is 2. The molecule has 152 valence electrons. The van der Waals surface area contributed by atoms with Crippen molar-refractivity contribution in [1.82, 2.24) is 10.3 Å². The van der Waals surface area contributed by atoms with Crippen LogP contribution in [0.1, 0.15) is 30.0 Å². The summed E-state index contributed by atoms with van der Waals surface area (Å²) in [5.41, 5.74) is 6.92. The van der Waals surface area contributed by atoms with Gasteiger partial charge in [0.2, 0.25) is 5.75 Å². The van der Waals surface area contributed by atoms with Gasteiger partial charge in [-0.3, -0.25) is 4.90 Å². The molecule has 0 aliphatic carbocycles. The molecule has 0 radical (unpaired) electrons. The maximum Gasteiger partial charge on any atom is 0.203 e. The first-order chi connectivity index (χ1) is 14.3. The minimum atomic E-state index is 0.110. The summed E-state index contributed by atoms with van der Waals surface area (Å²) < 4.78 is 17.5. The molecule has 0 spiro atoms. The molecule has 3 fully saturated rings. The van der Waals surface area contributed by atoms with Crippen LogP contribution in [0, 0.1) is 5.92 Å². The molecule has 29 heavy (non-hydrogen) atoms. The van der Waals surface area contributed by atoms with Crippen molar-refractivity contribution < 1.29 is 14.2 Å². The molecular weight excluding hydrogens is 366 g/mol. The molecule has 6 heteroatoms. The first-order valence-electron chi connectivity index (χ1n) is 10.3. The molecule has 2 aromatic carbocycles. The average Bonchev–Trinajstić information content (AvgIpc) is 3.26. The van der Waals surface area contributed by atoms with Crippen LogP contribution < -0.4 is 19.6 Å². The molecule has 6 nitrogen and oxygen atoms in total. The number of hydrogen-bond donors (Lipinski definition) is 1. The molecule has 1 N–H and O–H groups in total. The van der Waals surface area contributed by atoms with Crippen LogP contribution in [0.25, 0.3) is 0 Å². The summed E-state index contributed by atoms with van der Waals surface area (Å²) in [6.45, 7) is 2.76. The number of ether oxygens (including phenoxy) is 3. The Morgan fingerprint density at radius 1 is 1.03 bits per heavy atom. The maximum atomic E-state index is 6.10. The zero-order valence-electron chi connectivity index (χ0n) is 16.9. The van der Waals surface area contributed by atoms with Gasteiger partial charge in [0, 0.05) is 5.92 Å². The minimum absolute atomic E-state index is 0.110. The van der Waals surface area contributed by atoms with Crippen molar-refractivity contribution in [2.24, 2.45) is 11.0 Å². The summed E-state index contributed by atoms with van der Waals surface area (Å²) in [5.74, 6) is 2.62. The highest BCUT2D eigenvalue weighted by atomic mass is 16.5. The van der Waals surface area contributed by atoms with E-state index in [2.05, 4.69) is 22.5 Å². The number of nitrogens with one attached hydrogen (secondary N) is 1. The molecule has 0 saturated carbocycles. The third-order valence-electron chi connectivity index (χ3n) is 6.36. The molecule has 2 atom stereocenters. The van der Waals surface area contributed by atoms with Gasteiger partial charge in [0.25, 0.3) is 0 Å². The van der Waals surface area contributed by atoms with Gasteiger partial charge in [0.1, 0.15) is 6.61 Å².